The zero-order valence-corrected chi connectivity index (χ0v) is 14.1. The van der Waals surface area contributed by atoms with Gasteiger partial charge in [-0.15, -0.1) is 0 Å². The van der Waals surface area contributed by atoms with Crippen LogP contribution in [-0.2, 0) is 4.74 Å². The van der Waals surface area contributed by atoms with Crippen LogP contribution in [-0.4, -0.2) is 29.7 Å². The second-order valence-corrected chi connectivity index (χ2v) is 6.90. The molecule has 0 saturated carbocycles. The molecule has 0 bridgehead atoms. The van der Waals surface area contributed by atoms with E-state index in [0.717, 1.165) is 31.5 Å². The van der Waals surface area contributed by atoms with Crippen LogP contribution in [0.15, 0.2) is 30.3 Å². The van der Waals surface area contributed by atoms with Crippen LogP contribution in [0, 0.1) is 17.2 Å². The molecule has 0 radical (unpaired) electrons. The molecular weight excluding hydrogens is 288 g/mol. The van der Waals surface area contributed by atoms with Crippen LogP contribution >= 0.6 is 0 Å². The summed E-state index contributed by atoms with van der Waals surface area (Å²) in [5, 5.41) is 8.79. The maximum Gasteiger partial charge on any atom is 0.410 e. The Hall–Kier alpha value is -2.28. The molecule has 1 aliphatic rings. The lowest BCUT2D eigenvalue weighted by Gasteiger charge is -2.32. The van der Waals surface area contributed by atoms with E-state index >= 15 is 0 Å². The fourth-order valence-corrected chi connectivity index (χ4v) is 2.52. The molecular formula is C19H24N2O2. The smallest absolute Gasteiger partial charge is 0.410 e. The minimum Gasteiger partial charge on any atom is -0.444 e. The summed E-state index contributed by atoms with van der Waals surface area (Å²) in [7, 11) is 0. The van der Waals surface area contributed by atoms with E-state index in [-0.39, 0.29) is 6.09 Å². The Morgan fingerprint density at radius 2 is 1.87 bits per heavy atom. The van der Waals surface area contributed by atoms with Gasteiger partial charge >= 0.3 is 6.09 Å². The van der Waals surface area contributed by atoms with E-state index in [1.807, 2.05) is 45.0 Å². The summed E-state index contributed by atoms with van der Waals surface area (Å²) in [4.78, 5) is 13.8. The molecule has 1 saturated heterocycles. The summed E-state index contributed by atoms with van der Waals surface area (Å²) in [6.45, 7) is 7.13. The summed E-state index contributed by atoms with van der Waals surface area (Å²) in [5.74, 6) is 0.476. The number of amides is 1. The molecule has 0 N–H and O–H groups in total. The van der Waals surface area contributed by atoms with Crippen molar-refractivity contribution in [3.8, 4) is 6.07 Å². The summed E-state index contributed by atoms with van der Waals surface area (Å²) in [6, 6.07) is 9.66. The fraction of sp³-hybridized carbons (Fsp3) is 0.474. The van der Waals surface area contributed by atoms with Crippen molar-refractivity contribution in [3.63, 3.8) is 0 Å². The topological polar surface area (TPSA) is 53.3 Å². The second-order valence-electron chi connectivity index (χ2n) is 6.90. The van der Waals surface area contributed by atoms with E-state index in [0.29, 0.717) is 11.5 Å². The normalized spacial score (nSPS) is 16.3. The molecule has 1 aliphatic heterocycles. The Morgan fingerprint density at radius 3 is 2.39 bits per heavy atom. The molecule has 4 heteroatoms. The van der Waals surface area contributed by atoms with E-state index in [1.165, 1.54) is 0 Å². The number of nitriles is 1. The number of benzene rings is 1. The van der Waals surface area contributed by atoms with Crippen molar-refractivity contribution < 1.29 is 9.53 Å². The van der Waals surface area contributed by atoms with E-state index in [9.17, 15) is 4.79 Å². The van der Waals surface area contributed by atoms with E-state index in [1.54, 1.807) is 4.90 Å². The van der Waals surface area contributed by atoms with E-state index < -0.39 is 5.60 Å². The van der Waals surface area contributed by atoms with Crippen LogP contribution in [0.3, 0.4) is 0 Å². The van der Waals surface area contributed by atoms with Crippen molar-refractivity contribution in [2.45, 2.75) is 39.2 Å². The SMILES string of the molecule is CC(C)(C)OC(=O)N1CCC(/C=C\c2ccc(C#N)cc2)CC1. The van der Waals surface area contributed by atoms with Crippen LogP contribution in [0.2, 0.25) is 0 Å². The van der Waals surface area contributed by atoms with Gasteiger partial charge < -0.3 is 9.64 Å². The minimum atomic E-state index is -0.441. The molecule has 1 aromatic rings. The van der Waals surface area contributed by atoms with E-state index in [2.05, 4.69) is 18.2 Å². The minimum absolute atomic E-state index is 0.216. The number of rotatable bonds is 2. The highest BCUT2D eigenvalue weighted by Gasteiger charge is 2.25. The number of carbonyl (C=O) groups excluding carboxylic acids is 1. The van der Waals surface area contributed by atoms with Crippen LogP contribution in [0.4, 0.5) is 4.79 Å². The Balaban J connectivity index is 1.83. The highest BCUT2D eigenvalue weighted by molar-refractivity contribution is 5.68. The number of piperidine rings is 1. The molecule has 122 valence electrons. The summed E-state index contributed by atoms with van der Waals surface area (Å²) in [6.07, 6.45) is 5.98. The lowest BCUT2D eigenvalue weighted by molar-refractivity contribution is 0.0197. The molecule has 2 rings (SSSR count). The van der Waals surface area contributed by atoms with Gasteiger partial charge in [-0.05, 0) is 57.2 Å². The van der Waals surface area contributed by atoms with Gasteiger partial charge in [-0.3, -0.25) is 0 Å². The second kappa shape index (κ2) is 7.32. The molecule has 4 nitrogen and oxygen atoms in total. The quantitative estimate of drug-likeness (QED) is 0.821. The first-order chi connectivity index (χ1) is 10.9. The Bertz CT molecular complexity index is 598. The van der Waals surface area contributed by atoms with Gasteiger partial charge in [0.05, 0.1) is 11.6 Å². The number of hydrogen-bond acceptors (Lipinski definition) is 3. The van der Waals surface area contributed by atoms with Gasteiger partial charge in [-0.2, -0.15) is 5.26 Å². The molecule has 0 spiro atoms. The average Bonchev–Trinajstić information content (AvgIpc) is 2.52. The first-order valence-electron chi connectivity index (χ1n) is 8.04. The predicted molar refractivity (Wildman–Crippen MR) is 90.7 cm³/mol. The zero-order valence-electron chi connectivity index (χ0n) is 14.1. The van der Waals surface area contributed by atoms with Crippen molar-refractivity contribution >= 4 is 12.2 Å². The highest BCUT2D eigenvalue weighted by atomic mass is 16.6. The highest BCUT2D eigenvalue weighted by Crippen LogP contribution is 2.21. The van der Waals surface area contributed by atoms with Gasteiger partial charge in [0.15, 0.2) is 0 Å². The van der Waals surface area contributed by atoms with Gasteiger partial charge in [-0.25, -0.2) is 4.79 Å². The number of nitrogens with zero attached hydrogens (tertiary/aromatic N) is 2. The molecule has 0 aromatic heterocycles. The lowest BCUT2D eigenvalue weighted by atomic mass is 9.96. The number of allylic oxidation sites excluding steroid dienone is 1. The van der Waals surface area contributed by atoms with Gasteiger partial charge in [0.1, 0.15) is 5.60 Å². The van der Waals surface area contributed by atoms with E-state index in [4.69, 9.17) is 10.00 Å². The largest absolute Gasteiger partial charge is 0.444 e. The summed E-state index contributed by atoms with van der Waals surface area (Å²) in [5.41, 5.74) is 1.33. The summed E-state index contributed by atoms with van der Waals surface area (Å²) >= 11 is 0. The molecule has 23 heavy (non-hydrogen) atoms. The number of carbonyl (C=O) groups is 1. The zero-order chi connectivity index (χ0) is 16.9. The van der Waals surface area contributed by atoms with Crippen molar-refractivity contribution in [2.24, 2.45) is 5.92 Å². The van der Waals surface area contributed by atoms with Gasteiger partial charge in [0.2, 0.25) is 0 Å². The first-order valence-corrected chi connectivity index (χ1v) is 8.04. The number of likely N-dealkylation sites (tertiary alicyclic amines) is 1. The van der Waals surface area contributed by atoms with Crippen LogP contribution in [0.5, 0.6) is 0 Å². The fourth-order valence-electron chi connectivity index (χ4n) is 2.52. The van der Waals surface area contributed by atoms with Crippen LogP contribution < -0.4 is 0 Å². The lowest BCUT2D eigenvalue weighted by Crippen LogP contribution is -2.41. The Labute approximate surface area is 138 Å². The molecule has 1 aromatic carbocycles. The molecule has 0 unspecified atom stereocenters. The maximum absolute atomic E-state index is 12.0. The Morgan fingerprint density at radius 1 is 1.26 bits per heavy atom. The maximum atomic E-state index is 12.0. The monoisotopic (exact) mass is 312 g/mol. The third kappa shape index (κ3) is 5.45. The number of ether oxygens (including phenoxy) is 1. The summed E-state index contributed by atoms with van der Waals surface area (Å²) < 4.78 is 5.41. The van der Waals surface area contributed by atoms with Crippen molar-refractivity contribution in [3.05, 3.63) is 41.5 Å². The molecule has 1 amide bonds. The molecule has 1 heterocycles. The van der Waals surface area contributed by atoms with Crippen molar-refractivity contribution in [2.75, 3.05) is 13.1 Å². The molecule has 0 atom stereocenters. The van der Waals surface area contributed by atoms with Crippen LogP contribution in [0.1, 0.15) is 44.7 Å². The Kier molecular flexibility index (Phi) is 5.44. The third-order valence-corrected chi connectivity index (χ3v) is 3.79. The average molecular weight is 312 g/mol. The molecule has 1 fully saturated rings. The standard InChI is InChI=1S/C19H24N2O2/c1-19(2,3)23-18(22)21-12-10-16(11-13-21)5-4-15-6-8-17(14-20)9-7-15/h4-9,16H,10-13H2,1-3H3/b5-4-. The number of hydrogen-bond donors (Lipinski definition) is 0. The molecule has 0 aliphatic carbocycles. The van der Waals surface area contributed by atoms with Crippen LogP contribution in [0.25, 0.3) is 6.08 Å². The van der Waals surface area contributed by atoms with Gasteiger partial charge in [-0.1, -0.05) is 24.3 Å². The van der Waals surface area contributed by atoms with Gasteiger partial charge in [0.25, 0.3) is 0 Å². The van der Waals surface area contributed by atoms with Crippen molar-refractivity contribution in [1.82, 2.24) is 4.90 Å². The van der Waals surface area contributed by atoms with Gasteiger partial charge in [0, 0.05) is 13.1 Å². The first kappa shape index (κ1) is 17.1. The van der Waals surface area contributed by atoms with Crippen molar-refractivity contribution in [1.29, 1.82) is 5.26 Å². The third-order valence-electron chi connectivity index (χ3n) is 3.79. The predicted octanol–water partition coefficient (Wildman–Crippen LogP) is 4.22.